The molecule has 1 saturated carbocycles. The van der Waals surface area contributed by atoms with Crippen LogP contribution in [0.15, 0.2) is 54.6 Å². The number of aryl methyl sites for hydroxylation is 1. The van der Waals surface area contributed by atoms with Crippen molar-refractivity contribution in [1.82, 2.24) is 19.8 Å². The molecule has 3 atom stereocenters. The highest BCUT2D eigenvalue weighted by atomic mass is 16.5. The largest absolute Gasteiger partial charge is 0.378 e. The average Bonchev–Trinajstić information content (AvgIpc) is 3.16. The molecular weight excluding hydrogens is 436 g/mol. The number of carbonyl (C=O) groups is 1. The highest BCUT2D eigenvalue weighted by Gasteiger charge is 2.40. The van der Waals surface area contributed by atoms with Crippen molar-refractivity contribution in [3.05, 3.63) is 66.0 Å². The Balaban J connectivity index is 1.17. The van der Waals surface area contributed by atoms with Crippen LogP contribution in [0.5, 0.6) is 0 Å². The van der Waals surface area contributed by atoms with Crippen LogP contribution in [0.25, 0.3) is 11.0 Å². The number of para-hydroxylation sites is 2. The minimum Gasteiger partial charge on any atom is -0.378 e. The highest BCUT2D eigenvalue weighted by molar-refractivity contribution is 5.79. The Bertz CT molecular complexity index is 1160. The van der Waals surface area contributed by atoms with E-state index < -0.39 is 0 Å². The number of nitrogens with zero attached hydrogens (tertiary/aromatic N) is 3. The molecule has 3 heterocycles. The molecule has 2 aliphatic heterocycles. The van der Waals surface area contributed by atoms with E-state index in [1.54, 1.807) is 0 Å². The molecule has 1 amide bonds. The molecule has 0 spiro atoms. The predicted molar refractivity (Wildman–Crippen MR) is 137 cm³/mol. The van der Waals surface area contributed by atoms with Crippen molar-refractivity contribution in [2.45, 2.75) is 69.6 Å². The van der Waals surface area contributed by atoms with Crippen LogP contribution >= 0.6 is 0 Å². The number of amides is 1. The van der Waals surface area contributed by atoms with E-state index >= 15 is 0 Å². The van der Waals surface area contributed by atoms with E-state index in [2.05, 4.69) is 70.2 Å². The van der Waals surface area contributed by atoms with Gasteiger partial charge in [0.1, 0.15) is 5.82 Å². The number of benzene rings is 2. The van der Waals surface area contributed by atoms with E-state index in [0.29, 0.717) is 18.1 Å². The summed E-state index contributed by atoms with van der Waals surface area (Å²) in [7, 11) is 0. The molecule has 6 nitrogen and oxygen atoms in total. The Morgan fingerprint density at radius 2 is 1.74 bits per heavy atom. The lowest BCUT2D eigenvalue weighted by Crippen LogP contribution is -2.57. The summed E-state index contributed by atoms with van der Waals surface area (Å²) in [5.74, 6) is 1.54. The number of nitrogens with one attached hydrogen (secondary N) is 1. The van der Waals surface area contributed by atoms with Crippen LogP contribution in [-0.2, 0) is 9.53 Å². The molecule has 35 heavy (non-hydrogen) atoms. The second-order valence-corrected chi connectivity index (χ2v) is 10.6. The quantitative estimate of drug-likeness (QED) is 0.537. The van der Waals surface area contributed by atoms with Gasteiger partial charge >= 0.3 is 0 Å². The van der Waals surface area contributed by atoms with Gasteiger partial charge < -0.3 is 14.6 Å². The van der Waals surface area contributed by atoms with E-state index in [1.165, 1.54) is 17.5 Å². The maximum atomic E-state index is 12.8. The van der Waals surface area contributed by atoms with Gasteiger partial charge in [-0.3, -0.25) is 9.69 Å². The Morgan fingerprint density at radius 3 is 2.46 bits per heavy atom. The van der Waals surface area contributed by atoms with Gasteiger partial charge in [0.15, 0.2) is 0 Å². The zero-order chi connectivity index (χ0) is 23.8. The number of ether oxygens (including phenoxy) is 1. The van der Waals surface area contributed by atoms with E-state index in [9.17, 15) is 4.79 Å². The lowest BCUT2D eigenvalue weighted by Gasteiger charge is -2.49. The number of piperidine rings is 1. The summed E-state index contributed by atoms with van der Waals surface area (Å²) in [6, 6.07) is 20.3. The molecule has 2 unspecified atom stereocenters. The summed E-state index contributed by atoms with van der Waals surface area (Å²) in [6.45, 7) is 4.67. The van der Waals surface area contributed by atoms with Crippen molar-refractivity contribution in [2.75, 3.05) is 19.8 Å². The molecule has 2 aromatic carbocycles. The summed E-state index contributed by atoms with van der Waals surface area (Å²) >= 11 is 0. The fraction of sp³-hybridized carbons (Fsp3) is 0.517. The van der Waals surface area contributed by atoms with Crippen molar-refractivity contribution in [2.24, 2.45) is 5.92 Å². The normalized spacial score (nSPS) is 25.8. The Hall–Kier alpha value is -2.70. The van der Waals surface area contributed by atoms with Gasteiger partial charge in [0, 0.05) is 30.6 Å². The number of carbonyl (C=O) groups excluding carboxylic acids is 1. The second-order valence-electron chi connectivity index (χ2n) is 10.6. The zero-order valence-corrected chi connectivity index (χ0v) is 20.6. The molecule has 1 aromatic heterocycles. The van der Waals surface area contributed by atoms with Crippen LogP contribution in [-0.4, -0.2) is 52.2 Å². The average molecular weight is 473 g/mol. The maximum absolute atomic E-state index is 12.8. The highest BCUT2D eigenvalue weighted by Crippen LogP contribution is 2.37. The SMILES string of the molecule is Cc1nc2ccccc2n1C1CC2COCC(C1)N2CC[C@H](NC(=O)C1CCC1)c1ccccc1. The third-order valence-electron chi connectivity index (χ3n) is 8.45. The summed E-state index contributed by atoms with van der Waals surface area (Å²) in [4.78, 5) is 20.3. The van der Waals surface area contributed by atoms with Crippen LogP contribution in [0.2, 0.25) is 0 Å². The third kappa shape index (κ3) is 4.50. The molecule has 184 valence electrons. The molecule has 6 heteroatoms. The lowest BCUT2D eigenvalue weighted by atomic mass is 9.84. The Morgan fingerprint density at radius 1 is 1.03 bits per heavy atom. The maximum Gasteiger partial charge on any atom is 0.223 e. The summed E-state index contributed by atoms with van der Waals surface area (Å²) in [5.41, 5.74) is 3.53. The predicted octanol–water partition coefficient (Wildman–Crippen LogP) is 4.80. The molecular formula is C29H36N4O2. The molecule has 3 aromatic rings. The van der Waals surface area contributed by atoms with Crippen LogP contribution < -0.4 is 5.32 Å². The molecule has 1 N–H and O–H groups in total. The van der Waals surface area contributed by atoms with Gasteiger partial charge in [0.2, 0.25) is 5.91 Å². The fourth-order valence-electron chi connectivity index (χ4n) is 6.41. The molecule has 0 radical (unpaired) electrons. The standard InChI is InChI=1S/C29H36N4O2/c1-20-30-27-12-5-6-13-28(27)33(20)23-16-24-18-35-19-25(17-23)32(24)15-14-26(21-8-3-2-4-9-21)31-29(34)22-10-7-11-22/h2-6,8-9,12-13,22-26H,7,10-11,14-19H2,1H3,(H,31,34)/t23?,24?,25?,26-/m0/s1. The molecule has 3 fully saturated rings. The first-order valence-electron chi connectivity index (χ1n) is 13.3. The molecule has 2 bridgehead atoms. The van der Waals surface area contributed by atoms with Crippen molar-refractivity contribution in [3.8, 4) is 0 Å². The van der Waals surface area contributed by atoms with E-state index in [-0.39, 0.29) is 17.9 Å². The van der Waals surface area contributed by atoms with E-state index in [4.69, 9.17) is 9.72 Å². The Kier molecular flexibility index (Phi) is 6.33. The van der Waals surface area contributed by atoms with E-state index in [1.807, 2.05) is 6.07 Å². The first-order valence-corrected chi connectivity index (χ1v) is 13.3. The van der Waals surface area contributed by atoms with Crippen molar-refractivity contribution < 1.29 is 9.53 Å². The van der Waals surface area contributed by atoms with Gasteiger partial charge in [-0.2, -0.15) is 0 Å². The summed E-state index contributed by atoms with van der Waals surface area (Å²) in [5, 5.41) is 3.39. The molecule has 3 aliphatic rings. The van der Waals surface area contributed by atoms with Gasteiger partial charge in [-0.15, -0.1) is 0 Å². The number of fused-ring (bicyclic) bond motifs is 3. The van der Waals surface area contributed by atoms with Crippen molar-refractivity contribution in [3.63, 3.8) is 0 Å². The van der Waals surface area contributed by atoms with Gasteiger partial charge in [-0.25, -0.2) is 4.98 Å². The smallest absolute Gasteiger partial charge is 0.223 e. The zero-order valence-electron chi connectivity index (χ0n) is 20.6. The Labute approximate surface area is 207 Å². The minimum absolute atomic E-state index is 0.0588. The van der Waals surface area contributed by atoms with E-state index in [0.717, 1.165) is 63.2 Å². The third-order valence-corrected chi connectivity index (χ3v) is 8.45. The number of hydrogen-bond acceptors (Lipinski definition) is 4. The van der Waals surface area contributed by atoms with Crippen LogP contribution in [0, 0.1) is 12.8 Å². The molecule has 6 rings (SSSR count). The van der Waals surface area contributed by atoms with Gasteiger partial charge in [-0.1, -0.05) is 48.9 Å². The summed E-state index contributed by atoms with van der Waals surface area (Å²) < 4.78 is 8.49. The van der Waals surface area contributed by atoms with Crippen LogP contribution in [0.1, 0.15) is 62.0 Å². The van der Waals surface area contributed by atoms with Gasteiger partial charge in [-0.05, 0) is 56.7 Å². The number of rotatable bonds is 7. The van der Waals surface area contributed by atoms with Crippen LogP contribution in [0.4, 0.5) is 0 Å². The topological polar surface area (TPSA) is 59.4 Å². The first-order chi connectivity index (χ1) is 17.2. The lowest BCUT2D eigenvalue weighted by molar-refractivity contribution is -0.128. The number of hydrogen-bond donors (Lipinski definition) is 1. The second kappa shape index (κ2) is 9.75. The number of aromatic nitrogens is 2. The minimum atomic E-state index is 0.0588. The molecule has 2 saturated heterocycles. The monoisotopic (exact) mass is 472 g/mol. The van der Waals surface area contributed by atoms with Crippen molar-refractivity contribution >= 4 is 16.9 Å². The first kappa shape index (κ1) is 22.7. The summed E-state index contributed by atoms with van der Waals surface area (Å²) in [6.07, 6.45) is 6.31. The molecule has 1 aliphatic carbocycles. The van der Waals surface area contributed by atoms with Gasteiger partial charge in [0.05, 0.1) is 30.3 Å². The number of morpholine rings is 1. The van der Waals surface area contributed by atoms with Gasteiger partial charge in [0.25, 0.3) is 0 Å². The fourth-order valence-corrected chi connectivity index (χ4v) is 6.41. The van der Waals surface area contributed by atoms with Crippen LogP contribution in [0.3, 0.4) is 0 Å². The number of imidazole rings is 1. The van der Waals surface area contributed by atoms with Crippen molar-refractivity contribution in [1.29, 1.82) is 0 Å².